The van der Waals surface area contributed by atoms with Crippen LogP contribution in [0.3, 0.4) is 0 Å². The van der Waals surface area contributed by atoms with Gasteiger partial charge in [-0.15, -0.1) is 0 Å². The van der Waals surface area contributed by atoms with E-state index in [9.17, 15) is 0 Å². The van der Waals surface area contributed by atoms with Gasteiger partial charge in [-0.3, -0.25) is 0 Å². The number of hydrogen-bond acceptors (Lipinski definition) is 1. The van der Waals surface area contributed by atoms with Gasteiger partial charge in [-0.05, 0) is 34.2 Å². The average Bonchev–Trinajstić information content (AvgIpc) is 3.06. The highest BCUT2D eigenvalue weighted by Crippen LogP contribution is 2.39. The van der Waals surface area contributed by atoms with E-state index >= 15 is 0 Å². The van der Waals surface area contributed by atoms with Gasteiger partial charge in [0.25, 0.3) is 0 Å². The Balaban J connectivity index is 1.69. The third-order valence-electron chi connectivity index (χ3n) is 5.07. The summed E-state index contributed by atoms with van der Waals surface area (Å²) in [5.41, 5.74) is 5.64. The number of rotatable bonds is 2. The van der Waals surface area contributed by atoms with Gasteiger partial charge in [0.15, 0.2) is 0 Å². The maximum Gasteiger partial charge on any atom is 0.139 e. The van der Waals surface area contributed by atoms with E-state index in [0.29, 0.717) is 5.92 Å². The minimum atomic E-state index is 0.340. The van der Waals surface area contributed by atoms with Crippen molar-refractivity contribution in [3.63, 3.8) is 0 Å². The van der Waals surface area contributed by atoms with Crippen molar-refractivity contribution in [3.05, 3.63) is 95.0 Å². The molecule has 0 fully saturated rings. The Morgan fingerprint density at radius 3 is 2.58 bits per heavy atom. The molecule has 0 aliphatic heterocycles. The SMILES string of the molecule is BrC1=CC=CC(c2cccc3c2oc2ccc(-c4ccccc4)cc23)C1. The molecule has 1 aliphatic rings. The van der Waals surface area contributed by atoms with Crippen LogP contribution in [0.15, 0.2) is 93.9 Å². The van der Waals surface area contributed by atoms with Crippen LogP contribution in [0, 0.1) is 0 Å². The third kappa shape index (κ3) is 2.62. The van der Waals surface area contributed by atoms with E-state index in [1.165, 1.54) is 31.9 Å². The van der Waals surface area contributed by atoms with Crippen LogP contribution in [0.4, 0.5) is 0 Å². The predicted molar refractivity (Wildman–Crippen MR) is 113 cm³/mol. The smallest absolute Gasteiger partial charge is 0.139 e. The molecule has 0 spiro atoms. The monoisotopic (exact) mass is 400 g/mol. The molecule has 1 unspecified atom stereocenters. The molecule has 126 valence electrons. The summed E-state index contributed by atoms with van der Waals surface area (Å²) in [7, 11) is 0. The fraction of sp³-hybridized carbons (Fsp3) is 0.0833. The highest BCUT2D eigenvalue weighted by atomic mass is 79.9. The fourth-order valence-corrected chi connectivity index (χ4v) is 4.28. The largest absolute Gasteiger partial charge is 0.456 e. The van der Waals surface area contributed by atoms with Crippen LogP contribution in [-0.4, -0.2) is 0 Å². The summed E-state index contributed by atoms with van der Waals surface area (Å²) in [6.45, 7) is 0. The lowest BCUT2D eigenvalue weighted by Gasteiger charge is -2.16. The Morgan fingerprint density at radius 1 is 0.846 bits per heavy atom. The van der Waals surface area contributed by atoms with Gasteiger partial charge in [-0.1, -0.05) is 88.8 Å². The number of benzene rings is 3. The normalized spacial score (nSPS) is 17.0. The van der Waals surface area contributed by atoms with Gasteiger partial charge >= 0.3 is 0 Å². The summed E-state index contributed by atoms with van der Waals surface area (Å²) in [6, 6.07) is 23.4. The van der Waals surface area contributed by atoms with Crippen LogP contribution in [0.25, 0.3) is 33.1 Å². The van der Waals surface area contributed by atoms with Crippen molar-refractivity contribution in [3.8, 4) is 11.1 Å². The minimum Gasteiger partial charge on any atom is -0.456 e. The summed E-state index contributed by atoms with van der Waals surface area (Å²) < 4.78 is 7.52. The van der Waals surface area contributed by atoms with E-state index in [4.69, 9.17) is 4.42 Å². The molecule has 0 N–H and O–H groups in total. The highest BCUT2D eigenvalue weighted by molar-refractivity contribution is 9.11. The second kappa shape index (κ2) is 6.30. The molecule has 3 aromatic carbocycles. The first-order valence-electron chi connectivity index (χ1n) is 8.83. The molecule has 1 heterocycles. The summed E-state index contributed by atoms with van der Waals surface area (Å²) in [5, 5.41) is 2.37. The Bertz CT molecular complexity index is 1160. The first kappa shape index (κ1) is 15.7. The van der Waals surface area contributed by atoms with Crippen LogP contribution < -0.4 is 0 Å². The number of allylic oxidation sites excluding steroid dienone is 4. The van der Waals surface area contributed by atoms with Crippen LogP contribution in [0.5, 0.6) is 0 Å². The molecule has 0 radical (unpaired) electrons. The van der Waals surface area contributed by atoms with Crippen molar-refractivity contribution < 1.29 is 4.42 Å². The summed E-state index contributed by atoms with van der Waals surface area (Å²) in [4.78, 5) is 0. The highest BCUT2D eigenvalue weighted by Gasteiger charge is 2.19. The molecular weight excluding hydrogens is 384 g/mol. The summed E-state index contributed by atoms with van der Waals surface area (Å²) >= 11 is 3.64. The quantitative estimate of drug-likeness (QED) is 0.338. The summed E-state index contributed by atoms with van der Waals surface area (Å²) in [6.07, 6.45) is 7.46. The molecular formula is C24H17BrO. The molecule has 1 aromatic heterocycles. The van der Waals surface area contributed by atoms with E-state index in [1.54, 1.807) is 0 Å². The Hall–Kier alpha value is -2.58. The zero-order valence-electron chi connectivity index (χ0n) is 14.2. The Labute approximate surface area is 160 Å². The molecule has 1 nitrogen and oxygen atoms in total. The second-order valence-electron chi connectivity index (χ2n) is 6.71. The molecule has 0 saturated heterocycles. The van der Waals surface area contributed by atoms with Crippen LogP contribution >= 0.6 is 15.9 Å². The van der Waals surface area contributed by atoms with Crippen molar-refractivity contribution in [1.82, 2.24) is 0 Å². The van der Waals surface area contributed by atoms with Crippen molar-refractivity contribution in [2.24, 2.45) is 0 Å². The molecule has 0 bridgehead atoms. The maximum absolute atomic E-state index is 6.29. The lowest BCUT2D eigenvalue weighted by molar-refractivity contribution is 0.657. The number of hydrogen-bond donors (Lipinski definition) is 0. The number of furan rings is 1. The van der Waals surface area contributed by atoms with Crippen molar-refractivity contribution in [1.29, 1.82) is 0 Å². The van der Waals surface area contributed by atoms with Crippen molar-refractivity contribution in [2.75, 3.05) is 0 Å². The van der Waals surface area contributed by atoms with Gasteiger partial charge in [0, 0.05) is 22.3 Å². The molecule has 0 saturated carbocycles. The predicted octanol–water partition coefficient (Wildman–Crippen LogP) is 7.58. The van der Waals surface area contributed by atoms with E-state index in [-0.39, 0.29) is 0 Å². The molecule has 1 aliphatic carbocycles. The van der Waals surface area contributed by atoms with Crippen molar-refractivity contribution in [2.45, 2.75) is 12.3 Å². The second-order valence-corrected chi connectivity index (χ2v) is 7.73. The average molecular weight is 401 g/mol. The van der Waals surface area contributed by atoms with E-state index < -0.39 is 0 Å². The van der Waals surface area contributed by atoms with Gasteiger partial charge in [-0.25, -0.2) is 0 Å². The molecule has 2 heteroatoms. The lowest BCUT2D eigenvalue weighted by atomic mass is 9.91. The summed E-state index contributed by atoms with van der Waals surface area (Å²) in [5.74, 6) is 0.340. The van der Waals surface area contributed by atoms with Gasteiger partial charge in [0.1, 0.15) is 11.2 Å². The zero-order chi connectivity index (χ0) is 17.5. The topological polar surface area (TPSA) is 13.1 Å². The van der Waals surface area contributed by atoms with Crippen LogP contribution in [-0.2, 0) is 0 Å². The Morgan fingerprint density at radius 2 is 1.73 bits per heavy atom. The molecule has 4 aromatic rings. The standard InChI is InChI=1S/C24H17BrO/c25-19-9-4-8-18(14-19)20-10-5-11-21-22-15-17(16-6-2-1-3-7-16)12-13-23(22)26-24(20)21/h1-13,15,18H,14H2. The number of halogens is 1. The van der Waals surface area contributed by atoms with Gasteiger partial charge < -0.3 is 4.42 Å². The van der Waals surface area contributed by atoms with Crippen LogP contribution in [0.1, 0.15) is 17.9 Å². The molecule has 0 amide bonds. The zero-order valence-corrected chi connectivity index (χ0v) is 15.7. The van der Waals surface area contributed by atoms with E-state index in [0.717, 1.165) is 17.6 Å². The number of para-hydroxylation sites is 1. The first-order chi connectivity index (χ1) is 12.8. The third-order valence-corrected chi connectivity index (χ3v) is 5.66. The number of fused-ring (bicyclic) bond motifs is 3. The molecule has 5 rings (SSSR count). The lowest BCUT2D eigenvalue weighted by Crippen LogP contribution is -1.98. The first-order valence-corrected chi connectivity index (χ1v) is 9.62. The van der Waals surface area contributed by atoms with Gasteiger partial charge in [0.2, 0.25) is 0 Å². The molecule has 26 heavy (non-hydrogen) atoms. The maximum atomic E-state index is 6.29. The van der Waals surface area contributed by atoms with E-state index in [1.807, 2.05) is 6.07 Å². The van der Waals surface area contributed by atoms with Crippen LogP contribution in [0.2, 0.25) is 0 Å². The minimum absolute atomic E-state index is 0.340. The Kier molecular flexibility index (Phi) is 3.79. The molecule has 1 atom stereocenters. The van der Waals surface area contributed by atoms with Crippen molar-refractivity contribution >= 4 is 37.9 Å². The van der Waals surface area contributed by atoms with Gasteiger partial charge in [0.05, 0.1) is 0 Å². The fourth-order valence-electron chi connectivity index (χ4n) is 3.78. The van der Waals surface area contributed by atoms with E-state index in [2.05, 4.69) is 94.8 Å². The van der Waals surface area contributed by atoms with Gasteiger partial charge in [-0.2, -0.15) is 0 Å².